The Balaban J connectivity index is 1.48. The highest BCUT2D eigenvalue weighted by Gasteiger charge is 2.45. The topological polar surface area (TPSA) is 86.8 Å². The number of benzene rings is 2. The highest BCUT2D eigenvalue weighted by molar-refractivity contribution is 7.10. The third kappa shape index (κ3) is 4.39. The van der Waals surface area contributed by atoms with Gasteiger partial charge in [-0.2, -0.15) is 0 Å². The van der Waals surface area contributed by atoms with E-state index in [1.807, 2.05) is 53.9 Å². The van der Waals surface area contributed by atoms with Crippen molar-refractivity contribution in [3.05, 3.63) is 94.2 Å². The fourth-order valence-electron chi connectivity index (χ4n) is 3.37. The summed E-state index contributed by atoms with van der Waals surface area (Å²) in [5, 5.41) is 4.79. The summed E-state index contributed by atoms with van der Waals surface area (Å²) in [4.78, 5) is 52.6. The van der Waals surface area contributed by atoms with E-state index in [-0.39, 0.29) is 6.54 Å². The Morgan fingerprint density at radius 3 is 2.13 bits per heavy atom. The molecule has 3 aromatic rings. The smallest absolute Gasteiger partial charge is 0.335 e. The molecule has 1 N–H and O–H groups in total. The van der Waals surface area contributed by atoms with Crippen LogP contribution >= 0.6 is 11.3 Å². The van der Waals surface area contributed by atoms with E-state index in [1.54, 1.807) is 24.3 Å². The molecule has 0 unspecified atom stereocenters. The number of rotatable bonds is 7. The second-order valence-corrected chi connectivity index (χ2v) is 7.96. The Hall–Kier alpha value is -3.78. The Morgan fingerprint density at radius 1 is 0.839 bits per heavy atom. The van der Waals surface area contributed by atoms with E-state index in [0.717, 1.165) is 15.3 Å². The van der Waals surface area contributed by atoms with E-state index in [0.29, 0.717) is 10.5 Å². The molecule has 1 atom stereocenters. The summed E-state index contributed by atoms with van der Waals surface area (Å²) in [6.45, 7) is -0.548. The van der Waals surface area contributed by atoms with Crippen LogP contribution in [0.5, 0.6) is 0 Å². The number of nitrogens with one attached hydrogen (secondary N) is 1. The van der Waals surface area contributed by atoms with Crippen LogP contribution in [0.15, 0.2) is 78.2 Å². The van der Waals surface area contributed by atoms with Gasteiger partial charge in [0.1, 0.15) is 6.54 Å². The molecular formula is C23H19N3O4S. The monoisotopic (exact) mass is 433 g/mol. The number of imide groups is 2. The molecule has 0 bridgehead atoms. The zero-order valence-electron chi connectivity index (χ0n) is 16.4. The summed E-state index contributed by atoms with van der Waals surface area (Å²) in [5.74, 6) is -2.46. The maximum absolute atomic E-state index is 12.8. The van der Waals surface area contributed by atoms with Gasteiger partial charge in [-0.1, -0.05) is 66.7 Å². The number of hydrogen-bond acceptors (Lipinski definition) is 5. The largest absolute Gasteiger partial charge is 0.343 e. The maximum Gasteiger partial charge on any atom is 0.335 e. The van der Waals surface area contributed by atoms with Gasteiger partial charge < -0.3 is 5.32 Å². The minimum absolute atomic E-state index is 0.0236. The van der Waals surface area contributed by atoms with E-state index in [9.17, 15) is 19.2 Å². The van der Waals surface area contributed by atoms with Crippen molar-refractivity contribution >= 4 is 35.1 Å². The van der Waals surface area contributed by atoms with Crippen LogP contribution in [0.25, 0.3) is 0 Å². The highest BCUT2D eigenvalue weighted by atomic mass is 32.1. The van der Waals surface area contributed by atoms with E-state index < -0.39 is 36.3 Å². The minimum Gasteiger partial charge on any atom is -0.343 e. The zero-order chi connectivity index (χ0) is 21.8. The second kappa shape index (κ2) is 8.93. The second-order valence-electron chi connectivity index (χ2n) is 6.98. The molecule has 2 heterocycles. The Kier molecular flexibility index (Phi) is 5.90. The molecule has 1 aliphatic rings. The summed E-state index contributed by atoms with van der Waals surface area (Å²) >= 11 is 1.49. The van der Waals surface area contributed by atoms with Gasteiger partial charge in [0.2, 0.25) is 5.91 Å². The molecule has 156 valence electrons. The van der Waals surface area contributed by atoms with Crippen LogP contribution in [0.1, 0.15) is 22.0 Å². The first-order chi connectivity index (χ1) is 15.0. The normalized spacial score (nSPS) is 14.8. The lowest BCUT2D eigenvalue weighted by atomic mass is 10.1. The van der Waals surface area contributed by atoms with E-state index in [4.69, 9.17) is 0 Å². The predicted octanol–water partition coefficient (Wildman–Crippen LogP) is 2.94. The van der Waals surface area contributed by atoms with Gasteiger partial charge in [0.25, 0.3) is 0 Å². The fraction of sp³-hybridized carbons (Fsp3) is 0.130. The quantitative estimate of drug-likeness (QED) is 0.459. The summed E-state index contributed by atoms with van der Waals surface area (Å²) in [5.41, 5.74) is 1.59. The molecule has 7 nitrogen and oxygen atoms in total. The average Bonchev–Trinajstić information content (AvgIpc) is 3.39. The number of carbonyl (C=O) groups is 4. The van der Waals surface area contributed by atoms with Crippen molar-refractivity contribution < 1.29 is 19.2 Å². The lowest BCUT2D eigenvalue weighted by molar-refractivity contribution is -0.144. The molecule has 5 amide bonds. The van der Waals surface area contributed by atoms with Crippen LogP contribution in [-0.2, 0) is 20.9 Å². The van der Waals surface area contributed by atoms with Crippen LogP contribution in [0.2, 0.25) is 0 Å². The zero-order valence-corrected chi connectivity index (χ0v) is 17.2. The first-order valence-electron chi connectivity index (χ1n) is 9.63. The summed E-state index contributed by atoms with van der Waals surface area (Å²) in [7, 11) is 0. The molecule has 1 aliphatic heterocycles. The van der Waals surface area contributed by atoms with Gasteiger partial charge in [0.05, 0.1) is 12.6 Å². The lowest BCUT2D eigenvalue weighted by Gasteiger charge is -2.20. The van der Waals surface area contributed by atoms with Gasteiger partial charge in [-0.3, -0.25) is 19.3 Å². The van der Waals surface area contributed by atoms with Crippen molar-refractivity contribution in [1.29, 1.82) is 0 Å². The molecule has 1 fully saturated rings. The first-order valence-corrected chi connectivity index (χ1v) is 10.5. The van der Waals surface area contributed by atoms with Crippen molar-refractivity contribution in [3.63, 3.8) is 0 Å². The SMILES string of the molecule is O=C(CN1C(=O)C(=O)N(Cc2ccccc2)C1=O)N[C@@H](c1ccccc1)c1cccs1. The van der Waals surface area contributed by atoms with E-state index >= 15 is 0 Å². The molecule has 0 saturated carbocycles. The molecular weight excluding hydrogens is 414 g/mol. The van der Waals surface area contributed by atoms with Crippen LogP contribution < -0.4 is 5.32 Å². The number of urea groups is 1. The van der Waals surface area contributed by atoms with Crippen LogP contribution in [0.4, 0.5) is 4.79 Å². The van der Waals surface area contributed by atoms with Crippen LogP contribution in [0, 0.1) is 0 Å². The molecule has 1 saturated heterocycles. The summed E-state index contributed by atoms with van der Waals surface area (Å²) < 4.78 is 0. The molecule has 0 aliphatic carbocycles. The van der Waals surface area contributed by atoms with Crippen LogP contribution in [-0.4, -0.2) is 40.1 Å². The number of carbonyl (C=O) groups excluding carboxylic acids is 4. The average molecular weight is 433 g/mol. The molecule has 31 heavy (non-hydrogen) atoms. The van der Waals surface area contributed by atoms with Crippen LogP contribution in [0.3, 0.4) is 0 Å². The summed E-state index contributed by atoms with van der Waals surface area (Å²) in [6.07, 6.45) is 0. The Labute approximate surface area is 182 Å². The summed E-state index contributed by atoms with van der Waals surface area (Å²) in [6, 6.07) is 20.9. The molecule has 0 radical (unpaired) electrons. The molecule has 8 heteroatoms. The number of amides is 5. The number of thiophene rings is 1. The van der Waals surface area contributed by atoms with Gasteiger partial charge in [0.15, 0.2) is 0 Å². The molecule has 0 spiro atoms. The predicted molar refractivity (Wildman–Crippen MR) is 115 cm³/mol. The number of hydrogen-bond donors (Lipinski definition) is 1. The van der Waals surface area contributed by atoms with Crippen molar-refractivity contribution in [2.45, 2.75) is 12.6 Å². The van der Waals surface area contributed by atoms with Gasteiger partial charge in [-0.25, -0.2) is 9.69 Å². The standard InChI is InChI=1S/C23H19N3O4S/c27-19(24-20(18-12-7-13-31-18)17-10-5-2-6-11-17)15-26-22(29)21(28)25(23(26)30)14-16-8-3-1-4-9-16/h1-13,20H,14-15H2,(H,24,27)/t20-/m0/s1. The van der Waals surface area contributed by atoms with Crippen molar-refractivity contribution in [2.24, 2.45) is 0 Å². The first kappa shape index (κ1) is 20.5. The van der Waals surface area contributed by atoms with E-state index in [2.05, 4.69) is 5.32 Å². The Bertz CT molecular complexity index is 1100. The van der Waals surface area contributed by atoms with Gasteiger partial charge in [0, 0.05) is 4.88 Å². The third-order valence-electron chi connectivity index (χ3n) is 4.89. The molecule has 2 aromatic carbocycles. The molecule has 4 rings (SSSR count). The minimum atomic E-state index is -0.997. The number of nitrogens with zero attached hydrogens (tertiary/aromatic N) is 2. The fourth-order valence-corrected chi connectivity index (χ4v) is 4.17. The van der Waals surface area contributed by atoms with Crippen molar-refractivity contribution in [1.82, 2.24) is 15.1 Å². The van der Waals surface area contributed by atoms with Gasteiger partial charge >= 0.3 is 17.8 Å². The maximum atomic E-state index is 12.8. The lowest BCUT2D eigenvalue weighted by Crippen LogP contribution is -2.42. The van der Waals surface area contributed by atoms with Gasteiger partial charge in [-0.05, 0) is 22.6 Å². The van der Waals surface area contributed by atoms with Crippen molar-refractivity contribution in [3.8, 4) is 0 Å². The Morgan fingerprint density at radius 2 is 1.48 bits per heavy atom. The van der Waals surface area contributed by atoms with Crippen molar-refractivity contribution in [2.75, 3.05) is 6.54 Å². The van der Waals surface area contributed by atoms with Gasteiger partial charge in [-0.15, -0.1) is 11.3 Å². The third-order valence-corrected chi connectivity index (χ3v) is 5.82. The molecule has 1 aromatic heterocycles. The van der Waals surface area contributed by atoms with E-state index in [1.165, 1.54) is 11.3 Å². The highest BCUT2D eigenvalue weighted by Crippen LogP contribution is 2.26.